The number of nitro groups is 1. The normalized spacial score (nSPS) is 10.0. The summed E-state index contributed by atoms with van der Waals surface area (Å²) in [5.74, 6) is 0. The second kappa shape index (κ2) is 3.51. The maximum absolute atomic E-state index is 10.4. The van der Waals surface area contributed by atoms with Crippen LogP contribution in [0.15, 0.2) is 29.6 Å². The monoisotopic (exact) mass is 207 g/mol. The van der Waals surface area contributed by atoms with Gasteiger partial charge in [0.15, 0.2) is 0 Å². The van der Waals surface area contributed by atoms with Gasteiger partial charge in [-0.05, 0) is 23.7 Å². The Bertz CT molecular complexity index is 438. The summed E-state index contributed by atoms with van der Waals surface area (Å²) < 4.78 is 3.71. The molecular weight excluding hydrogens is 202 g/mol. The first-order valence-electron chi connectivity index (χ1n) is 3.79. The lowest BCUT2D eigenvalue weighted by molar-refractivity contribution is -0.384. The molecule has 0 radical (unpaired) electrons. The lowest BCUT2D eigenvalue weighted by Crippen LogP contribution is -1.87. The van der Waals surface area contributed by atoms with E-state index >= 15 is 0 Å². The van der Waals surface area contributed by atoms with Gasteiger partial charge in [0.25, 0.3) is 5.69 Å². The van der Waals surface area contributed by atoms with Gasteiger partial charge < -0.3 is 0 Å². The summed E-state index contributed by atoms with van der Waals surface area (Å²) in [5, 5.41) is 16.0. The summed E-state index contributed by atoms with van der Waals surface area (Å²) in [5.41, 5.74) is 1.66. The quantitative estimate of drug-likeness (QED) is 0.558. The molecule has 0 aliphatic carbocycles. The molecule has 14 heavy (non-hydrogen) atoms. The van der Waals surface area contributed by atoms with Crippen molar-refractivity contribution in [2.45, 2.75) is 0 Å². The topological polar surface area (TPSA) is 68.9 Å². The van der Waals surface area contributed by atoms with Crippen LogP contribution < -0.4 is 0 Å². The minimum Gasteiger partial charge on any atom is -0.258 e. The molecule has 0 fully saturated rings. The van der Waals surface area contributed by atoms with Crippen LogP contribution in [-0.4, -0.2) is 14.5 Å². The smallest absolute Gasteiger partial charge is 0.258 e. The second-order valence-electron chi connectivity index (χ2n) is 2.59. The predicted molar refractivity (Wildman–Crippen MR) is 52.0 cm³/mol. The molecule has 0 aliphatic rings. The fraction of sp³-hybridized carbons (Fsp3) is 0. The fourth-order valence-corrected chi connectivity index (χ4v) is 1.51. The molecule has 0 amide bonds. The van der Waals surface area contributed by atoms with E-state index in [0.29, 0.717) is 0 Å². The first-order chi connectivity index (χ1) is 6.77. The molecule has 0 aliphatic heterocycles. The van der Waals surface area contributed by atoms with Gasteiger partial charge in [0.05, 0.1) is 4.92 Å². The standard InChI is InChI=1S/C8H5N3O2S/c12-11(13)7-3-1-6(2-4-7)8-5-14-10-9-8/h1-5H. The van der Waals surface area contributed by atoms with Gasteiger partial charge in [-0.1, -0.05) is 4.49 Å². The zero-order valence-electron chi connectivity index (χ0n) is 6.95. The molecule has 0 unspecified atom stereocenters. The summed E-state index contributed by atoms with van der Waals surface area (Å²) >= 11 is 1.25. The number of nitro benzene ring substituents is 1. The minimum atomic E-state index is -0.428. The molecule has 0 N–H and O–H groups in total. The Balaban J connectivity index is 2.36. The molecular formula is C8H5N3O2S. The van der Waals surface area contributed by atoms with Crippen LogP contribution in [0.25, 0.3) is 11.3 Å². The van der Waals surface area contributed by atoms with Gasteiger partial charge in [-0.25, -0.2) is 0 Å². The third kappa shape index (κ3) is 1.60. The van der Waals surface area contributed by atoms with Crippen LogP contribution in [0.1, 0.15) is 0 Å². The molecule has 70 valence electrons. The van der Waals surface area contributed by atoms with Crippen LogP contribution in [0.2, 0.25) is 0 Å². The number of benzene rings is 1. The number of hydrogen-bond donors (Lipinski definition) is 0. The van der Waals surface area contributed by atoms with Gasteiger partial charge in [0, 0.05) is 23.1 Å². The second-order valence-corrected chi connectivity index (χ2v) is 3.20. The average Bonchev–Trinajstić information content (AvgIpc) is 2.71. The highest BCUT2D eigenvalue weighted by Gasteiger charge is 2.06. The Morgan fingerprint density at radius 1 is 1.29 bits per heavy atom. The van der Waals surface area contributed by atoms with Crippen LogP contribution in [0.4, 0.5) is 5.69 Å². The molecule has 0 atom stereocenters. The van der Waals surface area contributed by atoms with Crippen molar-refractivity contribution in [3.05, 3.63) is 39.8 Å². The van der Waals surface area contributed by atoms with Gasteiger partial charge in [0.2, 0.25) is 0 Å². The maximum Gasteiger partial charge on any atom is 0.269 e. The Labute approximate surface area is 83.3 Å². The van der Waals surface area contributed by atoms with Crippen molar-refractivity contribution in [2.75, 3.05) is 0 Å². The first-order valence-corrected chi connectivity index (χ1v) is 4.63. The zero-order valence-corrected chi connectivity index (χ0v) is 7.77. The molecule has 6 heteroatoms. The van der Waals surface area contributed by atoms with E-state index in [1.54, 1.807) is 17.5 Å². The molecule has 2 aromatic rings. The SMILES string of the molecule is O=[N+]([O-])c1ccc(-c2csnn2)cc1. The predicted octanol–water partition coefficient (Wildman–Crippen LogP) is 2.11. The van der Waals surface area contributed by atoms with Gasteiger partial charge in [0.1, 0.15) is 5.69 Å². The summed E-state index contributed by atoms with van der Waals surface area (Å²) in [6.45, 7) is 0. The van der Waals surface area contributed by atoms with E-state index in [4.69, 9.17) is 0 Å². The van der Waals surface area contributed by atoms with Gasteiger partial charge in [-0.2, -0.15) is 0 Å². The van der Waals surface area contributed by atoms with Crippen molar-refractivity contribution in [2.24, 2.45) is 0 Å². The molecule has 0 saturated carbocycles. The van der Waals surface area contributed by atoms with E-state index in [0.717, 1.165) is 11.3 Å². The zero-order chi connectivity index (χ0) is 9.97. The Hall–Kier alpha value is -1.82. The Morgan fingerprint density at radius 2 is 2.00 bits per heavy atom. The minimum absolute atomic E-state index is 0.0805. The highest BCUT2D eigenvalue weighted by Crippen LogP contribution is 2.20. The van der Waals surface area contributed by atoms with E-state index in [9.17, 15) is 10.1 Å². The summed E-state index contributed by atoms with van der Waals surface area (Å²) in [6.07, 6.45) is 0. The number of rotatable bonds is 2. The van der Waals surface area contributed by atoms with Crippen molar-refractivity contribution < 1.29 is 4.92 Å². The van der Waals surface area contributed by atoms with Crippen molar-refractivity contribution in [1.29, 1.82) is 0 Å². The lowest BCUT2D eigenvalue weighted by atomic mass is 10.2. The van der Waals surface area contributed by atoms with Crippen LogP contribution in [0, 0.1) is 10.1 Å². The van der Waals surface area contributed by atoms with Gasteiger partial charge in [-0.15, -0.1) is 5.10 Å². The van der Waals surface area contributed by atoms with E-state index in [1.807, 2.05) is 0 Å². The number of nitrogens with zero attached hydrogens (tertiary/aromatic N) is 3. The third-order valence-corrected chi connectivity index (χ3v) is 2.24. The van der Waals surface area contributed by atoms with E-state index in [-0.39, 0.29) is 5.69 Å². The molecule has 0 spiro atoms. The van der Waals surface area contributed by atoms with E-state index < -0.39 is 4.92 Å². The van der Waals surface area contributed by atoms with Gasteiger partial charge >= 0.3 is 0 Å². The van der Waals surface area contributed by atoms with Gasteiger partial charge in [-0.3, -0.25) is 10.1 Å². The highest BCUT2D eigenvalue weighted by atomic mass is 32.1. The summed E-state index contributed by atoms with van der Waals surface area (Å²) in [6, 6.07) is 6.23. The Kier molecular flexibility index (Phi) is 2.19. The maximum atomic E-state index is 10.4. The molecule has 1 heterocycles. The summed E-state index contributed by atoms with van der Waals surface area (Å²) in [7, 11) is 0. The molecule has 5 nitrogen and oxygen atoms in total. The largest absolute Gasteiger partial charge is 0.269 e. The van der Waals surface area contributed by atoms with Crippen LogP contribution in [0.3, 0.4) is 0 Å². The van der Waals surface area contributed by atoms with Crippen molar-refractivity contribution in [3.8, 4) is 11.3 Å². The third-order valence-electron chi connectivity index (χ3n) is 1.73. The van der Waals surface area contributed by atoms with Crippen LogP contribution in [0.5, 0.6) is 0 Å². The number of aromatic nitrogens is 2. The van der Waals surface area contributed by atoms with Crippen LogP contribution in [-0.2, 0) is 0 Å². The first kappa shape index (κ1) is 8.76. The molecule has 0 bridgehead atoms. The number of non-ortho nitro benzene ring substituents is 1. The number of hydrogen-bond acceptors (Lipinski definition) is 5. The fourth-order valence-electron chi connectivity index (χ4n) is 1.04. The lowest BCUT2D eigenvalue weighted by Gasteiger charge is -1.94. The van der Waals surface area contributed by atoms with Crippen molar-refractivity contribution in [3.63, 3.8) is 0 Å². The average molecular weight is 207 g/mol. The van der Waals surface area contributed by atoms with E-state index in [1.165, 1.54) is 23.7 Å². The molecule has 0 saturated heterocycles. The van der Waals surface area contributed by atoms with Crippen molar-refractivity contribution >= 4 is 17.2 Å². The summed E-state index contributed by atoms with van der Waals surface area (Å²) in [4.78, 5) is 9.95. The highest BCUT2D eigenvalue weighted by molar-refractivity contribution is 7.03. The van der Waals surface area contributed by atoms with Crippen LogP contribution >= 0.6 is 11.5 Å². The van der Waals surface area contributed by atoms with E-state index in [2.05, 4.69) is 9.59 Å². The van der Waals surface area contributed by atoms with Crippen molar-refractivity contribution in [1.82, 2.24) is 9.59 Å². The molecule has 1 aromatic carbocycles. The Morgan fingerprint density at radius 3 is 2.50 bits per heavy atom. The molecule has 2 rings (SSSR count). The molecule has 1 aromatic heterocycles.